The largest absolute Gasteiger partial charge is 0.341 e. The van der Waals surface area contributed by atoms with Crippen LogP contribution in [-0.4, -0.2) is 57.1 Å². The van der Waals surface area contributed by atoms with Crippen molar-refractivity contribution in [1.29, 1.82) is 10.8 Å². The Kier molecular flexibility index (Phi) is 8.02. The number of likely N-dealkylation sites (tertiary alicyclic amines) is 1. The number of hydrogen-bond acceptors (Lipinski definition) is 11. The molecule has 0 aliphatic carbocycles. The third-order valence-corrected chi connectivity index (χ3v) is 7.54. The van der Waals surface area contributed by atoms with Crippen molar-refractivity contribution >= 4 is 34.2 Å². The molecule has 3 aromatic rings. The van der Waals surface area contributed by atoms with Crippen LogP contribution in [0.1, 0.15) is 37.7 Å². The van der Waals surface area contributed by atoms with Crippen LogP contribution in [0.15, 0.2) is 45.5 Å². The fourth-order valence-electron chi connectivity index (χ4n) is 5.25. The van der Waals surface area contributed by atoms with Crippen LogP contribution in [0.3, 0.4) is 0 Å². The number of nitrogens with one attached hydrogen (secondary N) is 3. The minimum atomic E-state index is -0.356. The highest BCUT2D eigenvalue weighted by molar-refractivity contribution is 5.90. The first-order chi connectivity index (χ1) is 19.1. The molecule has 2 aliphatic heterocycles. The molecule has 5 rings (SSSR count). The van der Waals surface area contributed by atoms with Crippen LogP contribution in [0.4, 0.5) is 17.5 Å². The first kappa shape index (κ1) is 26.2. The Bertz CT molecular complexity index is 1430. The van der Waals surface area contributed by atoms with Crippen molar-refractivity contribution < 1.29 is 0 Å². The molecule has 2 aliphatic rings. The molecule has 2 saturated heterocycles. The quantitative estimate of drug-likeness (QED) is 0.117. The first-order valence-corrected chi connectivity index (χ1v) is 13.2. The topological polar surface area (TPSA) is 188 Å². The van der Waals surface area contributed by atoms with Gasteiger partial charge in [-0.15, -0.1) is 5.11 Å². The van der Waals surface area contributed by atoms with Crippen LogP contribution in [-0.2, 0) is 6.54 Å². The van der Waals surface area contributed by atoms with Crippen molar-refractivity contribution in [2.45, 2.75) is 38.6 Å². The minimum Gasteiger partial charge on any atom is -0.341 e. The molecule has 13 heteroatoms. The monoisotopic (exact) mass is 528 g/mol. The zero-order valence-corrected chi connectivity index (χ0v) is 21.7. The van der Waals surface area contributed by atoms with Gasteiger partial charge in [-0.2, -0.15) is 20.4 Å². The molecule has 0 atom stereocenters. The molecular formula is C26H32N12O. The van der Waals surface area contributed by atoms with Crippen LogP contribution in [0, 0.1) is 28.7 Å². The molecule has 0 radical (unpaired) electrons. The van der Waals surface area contributed by atoms with Crippen LogP contribution >= 0.6 is 0 Å². The fraction of sp³-hybridized carbons (Fsp3) is 0.462. The fourth-order valence-corrected chi connectivity index (χ4v) is 5.25. The van der Waals surface area contributed by atoms with E-state index in [4.69, 9.17) is 16.4 Å². The number of benzene rings is 1. The molecule has 5 N–H and O–H groups in total. The number of aromatic amines is 1. The van der Waals surface area contributed by atoms with E-state index in [9.17, 15) is 10.1 Å². The van der Waals surface area contributed by atoms with Crippen molar-refractivity contribution in [2.24, 2.45) is 27.9 Å². The number of nitrogens with two attached hydrogens (primary N) is 1. The maximum atomic E-state index is 12.6. The van der Waals surface area contributed by atoms with E-state index in [1.165, 1.54) is 11.8 Å². The first-order valence-electron chi connectivity index (χ1n) is 13.2. The Morgan fingerprint density at radius 1 is 1.15 bits per heavy atom. The lowest BCUT2D eigenvalue weighted by molar-refractivity contribution is 0.180. The van der Waals surface area contributed by atoms with E-state index < -0.39 is 0 Å². The predicted molar refractivity (Wildman–Crippen MR) is 148 cm³/mol. The Balaban J connectivity index is 1.26. The maximum absolute atomic E-state index is 12.6. The number of rotatable bonds is 7. The Hall–Kier alpha value is -4.44. The lowest BCUT2D eigenvalue weighted by Gasteiger charge is -2.31. The normalized spacial score (nSPS) is 17.7. The zero-order chi connectivity index (χ0) is 27.2. The summed E-state index contributed by atoms with van der Waals surface area (Å²) >= 11 is 0. The Morgan fingerprint density at radius 2 is 1.90 bits per heavy atom. The van der Waals surface area contributed by atoms with E-state index in [2.05, 4.69) is 58.7 Å². The predicted octanol–water partition coefficient (Wildman–Crippen LogP) is 3.10. The second-order valence-electron chi connectivity index (χ2n) is 10.1. The summed E-state index contributed by atoms with van der Waals surface area (Å²) in [4.78, 5) is 26.4. The van der Waals surface area contributed by atoms with E-state index in [0.717, 1.165) is 51.0 Å². The van der Waals surface area contributed by atoms with E-state index in [1.807, 2.05) is 12.1 Å². The number of nitrogens with zero attached hydrogens (tertiary/aromatic N) is 8. The average Bonchev–Trinajstić information content (AvgIpc) is 2.97. The molecule has 0 unspecified atom stereocenters. The smallest absolute Gasteiger partial charge is 0.277 e. The van der Waals surface area contributed by atoms with E-state index in [0.29, 0.717) is 53.9 Å². The van der Waals surface area contributed by atoms with Gasteiger partial charge in [0, 0.05) is 37.7 Å². The Morgan fingerprint density at radius 3 is 2.56 bits per heavy atom. The van der Waals surface area contributed by atoms with E-state index >= 15 is 0 Å². The second kappa shape index (κ2) is 12.0. The molecule has 0 amide bonds. The van der Waals surface area contributed by atoms with Gasteiger partial charge in [-0.05, 0) is 62.4 Å². The van der Waals surface area contributed by atoms with Crippen molar-refractivity contribution in [3.8, 4) is 6.07 Å². The highest BCUT2D eigenvalue weighted by Gasteiger charge is 2.23. The number of hydrogen-bond donors (Lipinski definition) is 4. The van der Waals surface area contributed by atoms with Gasteiger partial charge in [0.2, 0.25) is 5.95 Å². The van der Waals surface area contributed by atoms with Gasteiger partial charge in [0.15, 0.2) is 5.84 Å². The molecule has 39 heavy (non-hydrogen) atoms. The van der Waals surface area contributed by atoms with Gasteiger partial charge in [-0.1, -0.05) is 12.1 Å². The second-order valence-corrected chi connectivity index (χ2v) is 10.1. The number of aromatic nitrogens is 4. The van der Waals surface area contributed by atoms with E-state index in [-0.39, 0.29) is 11.5 Å². The number of H-pyrrole nitrogens is 1. The van der Waals surface area contributed by atoms with Gasteiger partial charge in [0.25, 0.3) is 5.56 Å². The van der Waals surface area contributed by atoms with Gasteiger partial charge >= 0.3 is 0 Å². The van der Waals surface area contributed by atoms with Crippen LogP contribution in [0.2, 0.25) is 0 Å². The van der Waals surface area contributed by atoms with Gasteiger partial charge in [0.1, 0.15) is 16.7 Å². The molecule has 1 aromatic carbocycles. The van der Waals surface area contributed by atoms with Crippen LogP contribution < -0.4 is 21.6 Å². The lowest BCUT2D eigenvalue weighted by atomic mass is 9.93. The summed E-state index contributed by atoms with van der Waals surface area (Å²) in [6.07, 6.45) is 5.76. The van der Waals surface area contributed by atoms with Crippen molar-refractivity contribution in [3.63, 3.8) is 0 Å². The van der Waals surface area contributed by atoms with Gasteiger partial charge in [0.05, 0.1) is 12.3 Å². The van der Waals surface area contributed by atoms with Gasteiger partial charge in [-0.3, -0.25) is 9.69 Å². The SMILES string of the molecule is N#CC1CCN(c2nc(Nc3ccc(CN4CCC(C/C(N=N)=N/N)CC4)cc3)c3c(=O)[nH]ncc3n2)CC1. The molecule has 13 nitrogen and oxygen atoms in total. The van der Waals surface area contributed by atoms with Crippen molar-refractivity contribution in [1.82, 2.24) is 25.1 Å². The molecule has 4 heterocycles. The van der Waals surface area contributed by atoms with Crippen molar-refractivity contribution in [3.05, 3.63) is 46.4 Å². The number of nitriles is 1. The summed E-state index contributed by atoms with van der Waals surface area (Å²) in [7, 11) is 0. The third-order valence-electron chi connectivity index (χ3n) is 7.54. The van der Waals surface area contributed by atoms with Crippen molar-refractivity contribution in [2.75, 3.05) is 36.4 Å². The maximum Gasteiger partial charge on any atom is 0.277 e. The molecule has 0 bridgehead atoms. The zero-order valence-electron chi connectivity index (χ0n) is 21.7. The summed E-state index contributed by atoms with van der Waals surface area (Å²) in [5, 5.41) is 26.3. The molecule has 0 spiro atoms. The molecule has 2 fully saturated rings. The summed E-state index contributed by atoms with van der Waals surface area (Å²) in [5.74, 6) is 7.15. The summed E-state index contributed by atoms with van der Waals surface area (Å²) in [6, 6.07) is 10.5. The van der Waals surface area contributed by atoms with Crippen LogP contribution in [0.5, 0.6) is 0 Å². The highest BCUT2D eigenvalue weighted by Crippen LogP contribution is 2.27. The number of amidine groups is 1. The Labute approximate surface area is 225 Å². The number of fused-ring (bicyclic) bond motifs is 1. The summed E-state index contributed by atoms with van der Waals surface area (Å²) < 4.78 is 0. The van der Waals surface area contributed by atoms with Gasteiger partial charge in [-0.25, -0.2) is 15.6 Å². The number of anilines is 3. The highest BCUT2D eigenvalue weighted by atomic mass is 16.1. The number of hydrazone groups is 1. The van der Waals surface area contributed by atoms with Gasteiger partial charge < -0.3 is 16.1 Å². The summed E-state index contributed by atoms with van der Waals surface area (Å²) in [5.41, 5.74) is 9.26. The number of piperidine rings is 2. The third kappa shape index (κ3) is 6.18. The molecule has 2 aromatic heterocycles. The molecular weight excluding hydrogens is 496 g/mol. The average molecular weight is 529 g/mol. The molecule has 0 saturated carbocycles. The molecule has 202 valence electrons. The standard InChI is InChI=1S/C26H32N12O/c27-14-18-7-11-38(12-8-18)26-32-21-15-30-36-25(39)23(21)24(33-26)31-20-3-1-19(2-4-20)16-37-9-5-17(6-10-37)13-22(34-28)35-29/h1-4,15,17-18,28H,5-13,16,29H2,(H,36,39)(H,31,32,33)/b34-28?,35-22-. The minimum absolute atomic E-state index is 0.0526. The van der Waals surface area contributed by atoms with E-state index in [1.54, 1.807) is 0 Å². The van der Waals surface area contributed by atoms with Crippen LogP contribution in [0.25, 0.3) is 10.9 Å². The lowest BCUT2D eigenvalue weighted by Crippen LogP contribution is -2.34. The summed E-state index contributed by atoms with van der Waals surface area (Å²) in [6.45, 7) is 4.16.